The Morgan fingerprint density at radius 1 is 1.41 bits per heavy atom. The van der Waals surface area contributed by atoms with Gasteiger partial charge in [-0.05, 0) is 24.8 Å². The molecule has 4 N–H and O–H groups in total. The third-order valence-electron chi connectivity index (χ3n) is 2.20. The molecule has 0 atom stereocenters. The van der Waals surface area contributed by atoms with Crippen molar-refractivity contribution in [3.63, 3.8) is 0 Å². The maximum atomic E-state index is 11.4. The Labute approximate surface area is 102 Å². The Kier molecular flexibility index (Phi) is 6.43. The van der Waals surface area contributed by atoms with E-state index in [1.165, 1.54) is 0 Å². The number of hydrogen-bond acceptors (Lipinski definition) is 5. The maximum absolute atomic E-state index is 11.4. The van der Waals surface area contributed by atoms with Crippen molar-refractivity contribution in [1.29, 1.82) is 0 Å². The third-order valence-corrected chi connectivity index (χ3v) is 3.16. The van der Waals surface area contributed by atoms with Gasteiger partial charge < -0.3 is 10.5 Å². The summed E-state index contributed by atoms with van der Waals surface area (Å²) in [5.41, 5.74) is 5.17. The van der Waals surface area contributed by atoms with E-state index in [0.717, 1.165) is 20.0 Å². The summed E-state index contributed by atoms with van der Waals surface area (Å²) in [7, 11) is -2.76. The molecule has 0 radical (unpaired) electrons. The molecule has 0 spiro atoms. The number of ether oxygens (including phenoxy) is 1. The van der Waals surface area contributed by atoms with Crippen LogP contribution in [-0.2, 0) is 14.9 Å². The van der Waals surface area contributed by atoms with Crippen molar-refractivity contribution >= 4 is 16.3 Å². The quantitative estimate of drug-likeness (QED) is 0.598. The first-order valence-corrected chi connectivity index (χ1v) is 6.76. The smallest absolute Gasteiger partial charge is 0.421 e. The van der Waals surface area contributed by atoms with Gasteiger partial charge in [-0.2, -0.15) is 13.1 Å². The van der Waals surface area contributed by atoms with E-state index in [4.69, 9.17) is 5.73 Å². The number of nitrogens with two attached hydrogens (primary N) is 1. The molecule has 17 heavy (non-hydrogen) atoms. The molecule has 1 amide bonds. The summed E-state index contributed by atoms with van der Waals surface area (Å²) < 4.78 is 30.9. The lowest BCUT2D eigenvalue weighted by molar-refractivity contribution is 0.177. The van der Waals surface area contributed by atoms with Gasteiger partial charge in [-0.15, -0.1) is 0 Å². The first-order valence-electron chi connectivity index (χ1n) is 5.28. The zero-order valence-electron chi connectivity index (χ0n) is 10.4. The van der Waals surface area contributed by atoms with Crippen LogP contribution >= 0.6 is 0 Å². The molecule has 0 aliphatic heterocycles. The molecule has 0 aromatic rings. The van der Waals surface area contributed by atoms with Crippen LogP contribution in [0.3, 0.4) is 0 Å². The number of carbonyl (C=O) groups excluding carboxylic acids is 1. The molecule has 0 saturated carbocycles. The summed E-state index contributed by atoms with van der Waals surface area (Å²) in [6.45, 7) is 4.63. The van der Waals surface area contributed by atoms with Gasteiger partial charge in [-0.1, -0.05) is 13.8 Å². The van der Waals surface area contributed by atoms with Gasteiger partial charge in [0.05, 0.1) is 7.11 Å². The Hall–Kier alpha value is -0.860. The summed E-state index contributed by atoms with van der Waals surface area (Å²) >= 11 is 0. The highest BCUT2D eigenvalue weighted by Crippen LogP contribution is 2.20. The Bertz CT molecular complexity index is 340. The summed E-state index contributed by atoms with van der Waals surface area (Å²) in [5.74, 6) is 0. The van der Waals surface area contributed by atoms with Crippen LogP contribution in [0.1, 0.15) is 26.7 Å². The van der Waals surface area contributed by atoms with Crippen LogP contribution in [0.5, 0.6) is 0 Å². The van der Waals surface area contributed by atoms with Crippen LogP contribution < -0.4 is 15.2 Å². The third kappa shape index (κ3) is 7.94. The number of rotatable bonds is 7. The van der Waals surface area contributed by atoms with Crippen LogP contribution in [0.2, 0.25) is 0 Å². The molecule has 0 heterocycles. The highest BCUT2D eigenvalue weighted by Gasteiger charge is 2.21. The second-order valence-electron chi connectivity index (χ2n) is 4.47. The van der Waals surface area contributed by atoms with E-state index in [2.05, 4.69) is 9.46 Å². The molecule has 0 aliphatic carbocycles. The van der Waals surface area contributed by atoms with E-state index in [0.29, 0.717) is 6.54 Å². The minimum Gasteiger partial charge on any atom is -0.452 e. The topological polar surface area (TPSA) is 111 Å². The van der Waals surface area contributed by atoms with Crippen molar-refractivity contribution in [2.75, 3.05) is 20.2 Å². The van der Waals surface area contributed by atoms with Crippen LogP contribution in [0, 0.1) is 5.41 Å². The van der Waals surface area contributed by atoms with Gasteiger partial charge in [0.2, 0.25) is 0 Å². The standard InChI is InChI=1S/C9H21N3O4S/c1-9(2,5-4-6-10)7-11-17(14,15)12-8(13)16-3/h11H,4-7,10H2,1-3H3,(H,12,13). The molecule has 0 aromatic carbocycles. The van der Waals surface area contributed by atoms with Gasteiger partial charge in [-0.25, -0.2) is 9.52 Å². The van der Waals surface area contributed by atoms with Gasteiger partial charge in [0.25, 0.3) is 0 Å². The van der Waals surface area contributed by atoms with Crippen molar-refractivity contribution in [3.8, 4) is 0 Å². The number of methoxy groups -OCH3 is 1. The predicted molar refractivity (Wildman–Crippen MR) is 64.5 cm³/mol. The first-order chi connectivity index (χ1) is 7.72. The molecule has 0 unspecified atom stereocenters. The Balaban J connectivity index is 4.21. The monoisotopic (exact) mass is 267 g/mol. The highest BCUT2D eigenvalue weighted by molar-refractivity contribution is 7.88. The van der Waals surface area contributed by atoms with Crippen molar-refractivity contribution in [3.05, 3.63) is 0 Å². The van der Waals surface area contributed by atoms with Crippen LogP contribution in [0.4, 0.5) is 4.79 Å². The molecular formula is C9H21N3O4S. The van der Waals surface area contributed by atoms with Gasteiger partial charge in [0.1, 0.15) is 0 Å². The fourth-order valence-electron chi connectivity index (χ4n) is 1.15. The second kappa shape index (κ2) is 6.77. The molecule has 0 bridgehead atoms. The Morgan fingerprint density at radius 3 is 2.47 bits per heavy atom. The average molecular weight is 267 g/mol. The van der Waals surface area contributed by atoms with Crippen molar-refractivity contribution in [2.45, 2.75) is 26.7 Å². The molecule has 0 rings (SSSR count). The summed E-state index contributed by atoms with van der Waals surface area (Å²) in [4.78, 5) is 10.8. The molecule has 8 heteroatoms. The lowest BCUT2D eigenvalue weighted by atomic mass is 9.88. The molecule has 0 aliphatic rings. The molecule has 0 saturated heterocycles. The predicted octanol–water partition coefficient (Wildman–Crippen LogP) is -0.0581. The fourth-order valence-corrected chi connectivity index (χ4v) is 2.10. The molecular weight excluding hydrogens is 246 g/mol. The van der Waals surface area contributed by atoms with E-state index in [9.17, 15) is 13.2 Å². The van der Waals surface area contributed by atoms with Crippen molar-refractivity contribution in [1.82, 2.24) is 9.44 Å². The molecule has 102 valence electrons. The van der Waals surface area contributed by atoms with Crippen LogP contribution in [0.25, 0.3) is 0 Å². The molecule has 0 aromatic heterocycles. The second-order valence-corrected chi connectivity index (χ2v) is 5.97. The number of amides is 1. The summed E-state index contributed by atoms with van der Waals surface area (Å²) in [6, 6.07) is 0. The van der Waals surface area contributed by atoms with E-state index in [1.807, 2.05) is 13.8 Å². The van der Waals surface area contributed by atoms with Gasteiger partial charge in [0, 0.05) is 6.54 Å². The van der Waals surface area contributed by atoms with E-state index >= 15 is 0 Å². The molecule has 7 nitrogen and oxygen atoms in total. The SMILES string of the molecule is COC(=O)NS(=O)(=O)NCC(C)(C)CCCN. The minimum atomic E-state index is -3.86. The van der Waals surface area contributed by atoms with Gasteiger partial charge in [0.15, 0.2) is 0 Å². The number of hydrogen-bond donors (Lipinski definition) is 3. The van der Waals surface area contributed by atoms with Gasteiger partial charge in [-0.3, -0.25) is 0 Å². The van der Waals surface area contributed by atoms with Crippen LogP contribution in [-0.4, -0.2) is 34.7 Å². The lowest BCUT2D eigenvalue weighted by Crippen LogP contribution is -2.43. The zero-order chi connectivity index (χ0) is 13.5. The zero-order valence-corrected chi connectivity index (χ0v) is 11.3. The normalized spacial score (nSPS) is 12.2. The van der Waals surface area contributed by atoms with E-state index in [1.54, 1.807) is 4.72 Å². The summed E-state index contributed by atoms with van der Waals surface area (Å²) in [5, 5.41) is 0. The maximum Gasteiger partial charge on any atom is 0.421 e. The lowest BCUT2D eigenvalue weighted by Gasteiger charge is -2.24. The Morgan fingerprint density at radius 2 is 2.00 bits per heavy atom. The largest absolute Gasteiger partial charge is 0.452 e. The van der Waals surface area contributed by atoms with Crippen molar-refractivity contribution < 1.29 is 17.9 Å². The summed E-state index contributed by atoms with van der Waals surface area (Å²) in [6.07, 6.45) is 0.598. The van der Waals surface area contributed by atoms with Crippen LogP contribution in [0.15, 0.2) is 0 Å². The number of nitrogens with one attached hydrogen (secondary N) is 2. The first kappa shape index (κ1) is 16.1. The fraction of sp³-hybridized carbons (Fsp3) is 0.889. The average Bonchev–Trinajstić information content (AvgIpc) is 2.23. The minimum absolute atomic E-state index is 0.218. The number of carbonyl (C=O) groups is 1. The molecule has 0 fully saturated rings. The van der Waals surface area contributed by atoms with Crippen molar-refractivity contribution in [2.24, 2.45) is 11.1 Å². The van der Waals surface area contributed by atoms with E-state index in [-0.39, 0.29) is 12.0 Å². The van der Waals surface area contributed by atoms with Gasteiger partial charge >= 0.3 is 16.3 Å². The highest BCUT2D eigenvalue weighted by atomic mass is 32.2. The van der Waals surface area contributed by atoms with E-state index < -0.39 is 16.3 Å².